The molecule has 0 heterocycles. The third-order valence-electron chi connectivity index (χ3n) is 2.49. The fraction of sp³-hybridized carbons (Fsp3) is 0. The van der Waals surface area contributed by atoms with Gasteiger partial charge in [0.05, 0.1) is 0 Å². The van der Waals surface area contributed by atoms with Crippen molar-refractivity contribution in [3.05, 3.63) is 53.8 Å². The molecule has 0 spiro atoms. The van der Waals surface area contributed by atoms with Crippen LogP contribution in [0, 0.1) is 17.1 Å². The number of hydrogen-bond acceptors (Lipinski definition) is 4. The highest BCUT2D eigenvalue weighted by molar-refractivity contribution is 6.58. The van der Waals surface area contributed by atoms with Crippen molar-refractivity contribution in [2.45, 2.75) is 0 Å². The zero-order chi connectivity index (χ0) is 13.8. The number of halogens is 1. The summed E-state index contributed by atoms with van der Waals surface area (Å²) in [4.78, 5) is 0. The summed E-state index contributed by atoms with van der Waals surface area (Å²) in [6.07, 6.45) is 0. The van der Waals surface area contributed by atoms with Crippen molar-refractivity contribution in [3.8, 4) is 17.6 Å². The maximum atomic E-state index is 13.9. The van der Waals surface area contributed by atoms with E-state index in [1.165, 1.54) is 12.1 Å². The minimum Gasteiger partial charge on any atom is -0.456 e. The van der Waals surface area contributed by atoms with E-state index in [0.29, 0.717) is 5.75 Å². The van der Waals surface area contributed by atoms with Gasteiger partial charge >= 0.3 is 7.12 Å². The fourth-order valence-electron chi connectivity index (χ4n) is 1.58. The second kappa shape index (κ2) is 5.52. The molecule has 2 rings (SSSR count). The quantitative estimate of drug-likeness (QED) is 0.809. The predicted octanol–water partition coefficient (Wildman–Crippen LogP) is 1.17. The Labute approximate surface area is 109 Å². The molecule has 4 nitrogen and oxygen atoms in total. The molecule has 2 aromatic carbocycles. The molecule has 0 unspecified atom stereocenters. The van der Waals surface area contributed by atoms with E-state index in [2.05, 4.69) is 0 Å². The Bertz CT molecular complexity index is 626. The van der Waals surface area contributed by atoms with Crippen molar-refractivity contribution in [1.82, 2.24) is 0 Å². The van der Waals surface area contributed by atoms with E-state index in [0.717, 1.165) is 0 Å². The zero-order valence-electron chi connectivity index (χ0n) is 9.75. The van der Waals surface area contributed by atoms with Gasteiger partial charge in [-0.25, -0.2) is 4.39 Å². The topological polar surface area (TPSA) is 73.5 Å². The van der Waals surface area contributed by atoms with Crippen molar-refractivity contribution in [3.63, 3.8) is 0 Å². The molecule has 0 atom stereocenters. The number of nitrogens with zero attached hydrogens (tertiary/aromatic N) is 1. The van der Waals surface area contributed by atoms with Gasteiger partial charge in [0.1, 0.15) is 28.9 Å². The molecule has 0 saturated heterocycles. The van der Waals surface area contributed by atoms with Crippen LogP contribution in [0.1, 0.15) is 5.56 Å². The third kappa shape index (κ3) is 2.73. The summed E-state index contributed by atoms with van der Waals surface area (Å²) in [5, 5.41) is 26.9. The average Bonchev–Trinajstić information content (AvgIpc) is 2.40. The van der Waals surface area contributed by atoms with Crippen LogP contribution in [0.25, 0.3) is 0 Å². The lowest BCUT2D eigenvalue weighted by molar-refractivity contribution is 0.422. The van der Waals surface area contributed by atoms with E-state index >= 15 is 0 Å². The summed E-state index contributed by atoms with van der Waals surface area (Å²) >= 11 is 0. The molecule has 0 aliphatic carbocycles. The number of nitriles is 1. The number of hydrogen-bond donors (Lipinski definition) is 2. The van der Waals surface area contributed by atoms with Gasteiger partial charge in [-0.05, 0) is 18.2 Å². The van der Waals surface area contributed by atoms with Gasteiger partial charge in [0.2, 0.25) is 0 Å². The van der Waals surface area contributed by atoms with E-state index in [9.17, 15) is 4.39 Å². The lowest BCUT2D eigenvalue weighted by Crippen LogP contribution is -2.33. The Morgan fingerprint density at radius 2 is 1.79 bits per heavy atom. The summed E-state index contributed by atoms with van der Waals surface area (Å²) in [5.74, 6) is -0.516. The SMILES string of the molecule is N#Cc1c(Oc2ccccc2)ccc(B(O)O)c1F. The molecule has 0 saturated carbocycles. The molecule has 2 N–H and O–H groups in total. The molecule has 19 heavy (non-hydrogen) atoms. The first kappa shape index (κ1) is 13.1. The molecule has 0 fully saturated rings. The zero-order valence-corrected chi connectivity index (χ0v) is 9.75. The van der Waals surface area contributed by atoms with Gasteiger partial charge in [-0.1, -0.05) is 24.3 Å². The first-order valence-corrected chi connectivity index (χ1v) is 5.45. The van der Waals surface area contributed by atoms with Gasteiger partial charge < -0.3 is 14.8 Å². The van der Waals surface area contributed by atoms with Gasteiger partial charge in [-0.3, -0.25) is 0 Å². The maximum Gasteiger partial charge on any atom is 0.491 e. The lowest BCUT2D eigenvalue weighted by Gasteiger charge is -2.10. The molecule has 0 radical (unpaired) electrons. The Morgan fingerprint density at radius 3 is 2.37 bits per heavy atom. The molecule has 0 aliphatic heterocycles. The van der Waals surface area contributed by atoms with Gasteiger partial charge in [0.15, 0.2) is 0 Å². The number of para-hydroxylation sites is 1. The normalized spacial score (nSPS) is 9.79. The highest BCUT2D eigenvalue weighted by Gasteiger charge is 2.22. The standard InChI is InChI=1S/C13H9BFNO3/c15-13-10(8-16)12(7-6-11(13)14(17)18)19-9-4-2-1-3-5-9/h1-7,17-18H. The monoisotopic (exact) mass is 257 g/mol. The van der Waals surface area contributed by atoms with Crippen LogP contribution in [0.2, 0.25) is 0 Å². The molecule has 6 heteroatoms. The summed E-state index contributed by atoms with van der Waals surface area (Å²) in [7, 11) is -1.97. The van der Waals surface area contributed by atoms with Crippen LogP contribution in [0.3, 0.4) is 0 Å². The average molecular weight is 257 g/mol. The van der Waals surface area contributed by atoms with Crippen LogP contribution in [0.4, 0.5) is 4.39 Å². The number of benzene rings is 2. The van der Waals surface area contributed by atoms with E-state index in [1.54, 1.807) is 36.4 Å². The Hall–Kier alpha value is -2.36. The summed E-state index contributed by atoms with van der Waals surface area (Å²) in [6.45, 7) is 0. The molecule has 0 aliphatic rings. The van der Waals surface area contributed by atoms with Crippen LogP contribution in [0.15, 0.2) is 42.5 Å². The van der Waals surface area contributed by atoms with Crippen LogP contribution < -0.4 is 10.2 Å². The third-order valence-corrected chi connectivity index (χ3v) is 2.49. The summed E-state index contributed by atoms with van der Waals surface area (Å²) in [5.41, 5.74) is -0.730. The largest absolute Gasteiger partial charge is 0.491 e. The molecular formula is C13H9BFNO3. The van der Waals surface area contributed by atoms with Crippen LogP contribution in [0.5, 0.6) is 11.5 Å². The van der Waals surface area contributed by atoms with Crippen molar-refractivity contribution < 1.29 is 19.2 Å². The lowest BCUT2D eigenvalue weighted by atomic mass is 9.79. The molecule has 94 valence electrons. The van der Waals surface area contributed by atoms with Crippen molar-refractivity contribution in [1.29, 1.82) is 5.26 Å². The smallest absolute Gasteiger partial charge is 0.456 e. The molecule has 0 amide bonds. The molecule has 2 aromatic rings. The van der Waals surface area contributed by atoms with Crippen molar-refractivity contribution >= 4 is 12.6 Å². The first-order chi connectivity index (χ1) is 9.13. The number of rotatable bonds is 3. The van der Waals surface area contributed by atoms with Crippen LogP contribution in [-0.4, -0.2) is 17.2 Å². The minimum atomic E-state index is -1.97. The highest BCUT2D eigenvalue weighted by Crippen LogP contribution is 2.25. The minimum absolute atomic E-state index is 0.0237. The number of ether oxygens (including phenoxy) is 1. The van der Waals surface area contributed by atoms with E-state index in [1.807, 2.05) is 0 Å². The Balaban J connectivity index is 2.43. The highest BCUT2D eigenvalue weighted by atomic mass is 19.1. The van der Waals surface area contributed by atoms with Gasteiger partial charge in [-0.2, -0.15) is 5.26 Å². The summed E-state index contributed by atoms with van der Waals surface area (Å²) in [6, 6.07) is 12.7. The van der Waals surface area contributed by atoms with Crippen LogP contribution >= 0.6 is 0 Å². The van der Waals surface area contributed by atoms with Gasteiger partial charge in [0, 0.05) is 5.46 Å². The molecular weight excluding hydrogens is 248 g/mol. The van der Waals surface area contributed by atoms with Crippen LogP contribution in [-0.2, 0) is 0 Å². The molecule has 0 bridgehead atoms. The predicted molar refractivity (Wildman–Crippen MR) is 67.5 cm³/mol. The van der Waals surface area contributed by atoms with E-state index in [-0.39, 0.29) is 16.8 Å². The van der Waals surface area contributed by atoms with Gasteiger partial charge in [-0.15, -0.1) is 0 Å². The second-order valence-electron chi connectivity index (χ2n) is 3.74. The van der Waals surface area contributed by atoms with Gasteiger partial charge in [0.25, 0.3) is 0 Å². The maximum absolute atomic E-state index is 13.9. The fourth-order valence-corrected chi connectivity index (χ4v) is 1.58. The molecule has 0 aromatic heterocycles. The second-order valence-corrected chi connectivity index (χ2v) is 3.74. The Kier molecular flexibility index (Phi) is 3.80. The summed E-state index contributed by atoms with van der Waals surface area (Å²) < 4.78 is 19.3. The van der Waals surface area contributed by atoms with Crippen molar-refractivity contribution in [2.24, 2.45) is 0 Å². The Morgan fingerprint density at radius 1 is 1.11 bits per heavy atom. The van der Waals surface area contributed by atoms with E-state index < -0.39 is 12.9 Å². The first-order valence-electron chi connectivity index (χ1n) is 5.45. The van der Waals surface area contributed by atoms with Crippen molar-refractivity contribution in [2.75, 3.05) is 0 Å². The van der Waals surface area contributed by atoms with E-state index in [4.69, 9.17) is 20.0 Å².